The van der Waals surface area contributed by atoms with Gasteiger partial charge in [0, 0.05) is 23.1 Å². The van der Waals surface area contributed by atoms with Gasteiger partial charge in [-0.15, -0.1) is 11.3 Å². The number of rotatable bonds is 6. The van der Waals surface area contributed by atoms with Gasteiger partial charge < -0.3 is 4.74 Å². The molecule has 0 atom stereocenters. The molecule has 0 unspecified atom stereocenters. The standard InChI is InChI=1S/C19H17FN2O2S/c1-2-24-16-8-6-14(7-9-16)18(23)22-19-21-12-17(25-19)11-13-4-3-5-15(20)10-13/h3-10,12H,2,11H2,1H3,(H,21,22,23). The number of nitrogens with one attached hydrogen (secondary N) is 1. The van der Waals surface area contributed by atoms with Crippen molar-refractivity contribution in [1.29, 1.82) is 0 Å². The van der Waals surface area contributed by atoms with E-state index in [0.717, 1.165) is 16.2 Å². The van der Waals surface area contributed by atoms with Gasteiger partial charge in [0.05, 0.1) is 6.61 Å². The molecule has 25 heavy (non-hydrogen) atoms. The van der Waals surface area contributed by atoms with Crippen LogP contribution >= 0.6 is 11.3 Å². The number of benzene rings is 2. The second kappa shape index (κ2) is 7.90. The Morgan fingerprint density at radius 2 is 2.04 bits per heavy atom. The van der Waals surface area contributed by atoms with Crippen LogP contribution in [0.15, 0.2) is 54.7 Å². The first-order chi connectivity index (χ1) is 12.1. The van der Waals surface area contributed by atoms with Crippen molar-refractivity contribution in [2.45, 2.75) is 13.3 Å². The number of hydrogen-bond donors (Lipinski definition) is 1. The third-order valence-electron chi connectivity index (χ3n) is 3.47. The molecule has 3 aromatic rings. The van der Waals surface area contributed by atoms with Crippen molar-refractivity contribution < 1.29 is 13.9 Å². The number of carbonyl (C=O) groups excluding carboxylic acids is 1. The van der Waals surface area contributed by atoms with Gasteiger partial charge in [-0.05, 0) is 48.9 Å². The summed E-state index contributed by atoms with van der Waals surface area (Å²) in [6.07, 6.45) is 2.28. The second-order valence-electron chi connectivity index (χ2n) is 5.35. The Balaban J connectivity index is 1.63. The molecular formula is C19H17FN2O2S. The maximum absolute atomic E-state index is 13.2. The van der Waals surface area contributed by atoms with Crippen molar-refractivity contribution in [3.8, 4) is 5.75 Å². The summed E-state index contributed by atoms with van der Waals surface area (Å²) < 4.78 is 18.6. The molecule has 6 heteroatoms. The lowest BCUT2D eigenvalue weighted by atomic mass is 10.1. The normalized spacial score (nSPS) is 10.5. The monoisotopic (exact) mass is 356 g/mol. The molecule has 1 heterocycles. The van der Waals surface area contributed by atoms with Crippen LogP contribution in [0.25, 0.3) is 0 Å². The van der Waals surface area contributed by atoms with Crippen LogP contribution < -0.4 is 10.1 Å². The van der Waals surface area contributed by atoms with Crippen molar-refractivity contribution in [2.75, 3.05) is 11.9 Å². The maximum atomic E-state index is 13.2. The molecule has 4 nitrogen and oxygen atoms in total. The number of carbonyl (C=O) groups is 1. The van der Waals surface area contributed by atoms with Crippen LogP contribution in [0.1, 0.15) is 27.7 Å². The van der Waals surface area contributed by atoms with E-state index in [4.69, 9.17) is 4.74 Å². The van der Waals surface area contributed by atoms with Crippen molar-refractivity contribution >= 4 is 22.4 Å². The molecule has 0 aliphatic heterocycles. The summed E-state index contributed by atoms with van der Waals surface area (Å²) in [5, 5.41) is 3.30. The zero-order valence-electron chi connectivity index (χ0n) is 13.7. The van der Waals surface area contributed by atoms with E-state index in [-0.39, 0.29) is 11.7 Å². The number of amides is 1. The van der Waals surface area contributed by atoms with Gasteiger partial charge in [-0.3, -0.25) is 10.1 Å². The van der Waals surface area contributed by atoms with E-state index in [9.17, 15) is 9.18 Å². The molecule has 128 valence electrons. The number of halogens is 1. The Bertz CT molecular complexity index is 862. The van der Waals surface area contributed by atoms with E-state index in [1.165, 1.54) is 23.5 Å². The van der Waals surface area contributed by atoms with Crippen molar-refractivity contribution in [3.63, 3.8) is 0 Å². The van der Waals surface area contributed by atoms with Crippen LogP contribution in [-0.4, -0.2) is 17.5 Å². The van der Waals surface area contributed by atoms with E-state index in [1.54, 1.807) is 36.5 Å². The summed E-state index contributed by atoms with van der Waals surface area (Å²) in [6.45, 7) is 2.49. The number of anilines is 1. The van der Waals surface area contributed by atoms with Crippen LogP contribution in [0.4, 0.5) is 9.52 Å². The Labute approximate surface area is 149 Å². The highest BCUT2D eigenvalue weighted by molar-refractivity contribution is 7.15. The summed E-state index contributed by atoms with van der Waals surface area (Å²) in [7, 11) is 0. The Morgan fingerprint density at radius 3 is 2.76 bits per heavy atom. The van der Waals surface area contributed by atoms with Gasteiger partial charge in [0.15, 0.2) is 5.13 Å². The van der Waals surface area contributed by atoms with Crippen LogP contribution in [0.5, 0.6) is 5.75 Å². The lowest BCUT2D eigenvalue weighted by Gasteiger charge is -2.04. The first kappa shape index (κ1) is 17.1. The zero-order chi connectivity index (χ0) is 17.6. The Morgan fingerprint density at radius 1 is 1.24 bits per heavy atom. The maximum Gasteiger partial charge on any atom is 0.257 e. The van der Waals surface area contributed by atoms with E-state index in [1.807, 2.05) is 13.0 Å². The fraction of sp³-hybridized carbons (Fsp3) is 0.158. The van der Waals surface area contributed by atoms with Crippen molar-refractivity contribution in [1.82, 2.24) is 4.98 Å². The van der Waals surface area contributed by atoms with E-state index < -0.39 is 0 Å². The summed E-state index contributed by atoms with van der Waals surface area (Å²) in [5.41, 5.74) is 1.40. The topological polar surface area (TPSA) is 51.2 Å². The average Bonchev–Trinajstić information content (AvgIpc) is 3.02. The first-order valence-corrected chi connectivity index (χ1v) is 8.69. The Kier molecular flexibility index (Phi) is 5.40. The zero-order valence-corrected chi connectivity index (χ0v) is 14.5. The minimum absolute atomic E-state index is 0.227. The summed E-state index contributed by atoms with van der Waals surface area (Å²) in [5.74, 6) is 0.242. The van der Waals surface area contributed by atoms with Gasteiger partial charge in [-0.2, -0.15) is 0 Å². The minimum Gasteiger partial charge on any atom is -0.494 e. The summed E-state index contributed by atoms with van der Waals surface area (Å²) in [4.78, 5) is 17.4. The molecular weight excluding hydrogens is 339 g/mol. The molecule has 2 aromatic carbocycles. The molecule has 1 amide bonds. The van der Waals surface area contributed by atoms with Gasteiger partial charge >= 0.3 is 0 Å². The lowest BCUT2D eigenvalue weighted by Crippen LogP contribution is -2.11. The van der Waals surface area contributed by atoms with E-state index >= 15 is 0 Å². The van der Waals surface area contributed by atoms with Crippen LogP contribution in [0.3, 0.4) is 0 Å². The van der Waals surface area contributed by atoms with Gasteiger partial charge in [0.1, 0.15) is 11.6 Å². The fourth-order valence-corrected chi connectivity index (χ4v) is 3.18. The average molecular weight is 356 g/mol. The first-order valence-electron chi connectivity index (χ1n) is 7.87. The number of thiazole rings is 1. The van der Waals surface area contributed by atoms with Crippen LogP contribution in [-0.2, 0) is 6.42 Å². The van der Waals surface area contributed by atoms with Crippen LogP contribution in [0.2, 0.25) is 0 Å². The highest BCUT2D eigenvalue weighted by Crippen LogP contribution is 2.22. The minimum atomic E-state index is -0.258. The smallest absolute Gasteiger partial charge is 0.257 e. The number of ether oxygens (including phenoxy) is 1. The third kappa shape index (κ3) is 4.64. The second-order valence-corrected chi connectivity index (χ2v) is 6.47. The van der Waals surface area contributed by atoms with Crippen molar-refractivity contribution in [3.05, 3.63) is 76.5 Å². The van der Waals surface area contributed by atoms with Gasteiger partial charge in [-0.1, -0.05) is 12.1 Å². The highest BCUT2D eigenvalue weighted by Gasteiger charge is 2.10. The largest absolute Gasteiger partial charge is 0.494 e. The molecule has 0 aliphatic carbocycles. The fourth-order valence-electron chi connectivity index (χ4n) is 2.33. The lowest BCUT2D eigenvalue weighted by molar-refractivity contribution is 0.102. The highest BCUT2D eigenvalue weighted by atomic mass is 32.1. The molecule has 0 spiro atoms. The predicted molar refractivity (Wildman–Crippen MR) is 96.9 cm³/mol. The van der Waals surface area contributed by atoms with Gasteiger partial charge in [0.25, 0.3) is 5.91 Å². The number of hydrogen-bond acceptors (Lipinski definition) is 4. The van der Waals surface area contributed by atoms with E-state index in [0.29, 0.717) is 23.7 Å². The van der Waals surface area contributed by atoms with E-state index in [2.05, 4.69) is 10.3 Å². The molecule has 0 bridgehead atoms. The van der Waals surface area contributed by atoms with Gasteiger partial charge in [0.2, 0.25) is 0 Å². The SMILES string of the molecule is CCOc1ccc(C(=O)Nc2ncc(Cc3cccc(F)c3)s2)cc1. The third-order valence-corrected chi connectivity index (χ3v) is 4.38. The summed E-state index contributed by atoms with van der Waals surface area (Å²) >= 11 is 1.38. The number of nitrogens with zero attached hydrogens (tertiary/aromatic N) is 1. The quantitative estimate of drug-likeness (QED) is 0.706. The predicted octanol–water partition coefficient (Wildman–Crippen LogP) is 4.52. The Hall–Kier alpha value is -2.73. The molecule has 1 aromatic heterocycles. The molecule has 0 aliphatic rings. The van der Waals surface area contributed by atoms with Crippen molar-refractivity contribution in [2.24, 2.45) is 0 Å². The molecule has 1 N–H and O–H groups in total. The molecule has 0 saturated heterocycles. The van der Waals surface area contributed by atoms with Gasteiger partial charge in [-0.25, -0.2) is 9.37 Å². The summed E-state index contributed by atoms with van der Waals surface area (Å²) in [6, 6.07) is 13.4. The molecule has 0 fully saturated rings. The van der Waals surface area contributed by atoms with Crippen LogP contribution in [0, 0.1) is 5.82 Å². The molecule has 0 radical (unpaired) electrons. The number of aromatic nitrogens is 1. The molecule has 3 rings (SSSR count). The molecule has 0 saturated carbocycles.